The summed E-state index contributed by atoms with van der Waals surface area (Å²) in [7, 11) is -2.00. The third-order valence-electron chi connectivity index (χ3n) is 2.25. The molecule has 1 aromatic rings. The largest absolute Gasteiger partial charge is 0.373 e. The van der Waals surface area contributed by atoms with E-state index >= 15 is 0 Å². The van der Waals surface area contributed by atoms with Crippen LogP contribution >= 0.6 is 7.60 Å². The Morgan fingerprint density at radius 1 is 1.71 bits per heavy atom. The lowest BCUT2D eigenvalue weighted by Gasteiger charge is -2.26. The minimum atomic E-state index is -3.65. The zero-order valence-corrected chi connectivity index (χ0v) is 9.96. The standard InChI is InChI=1S/C8H12N3O5P/c1-9-6-2-3-11(8(12)10-6)7-4-16-17(13,14)5-15-7/h2-3,7H,4-5H2,1H3,(H,13,14)(H,9,10,12)/t7-/m0/s1. The van der Waals surface area contributed by atoms with Crippen LogP contribution in [0.1, 0.15) is 6.23 Å². The molecule has 1 unspecified atom stereocenters. The summed E-state index contributed by atoms with van der Waals surface area (Å²) < 4.78 is 22.1. The van der Waals surface area contributed by atoms with Gasteiger partial charge in [0.1, 0.15) is 12.4 Å². The molecule has 2 heterocycles. The molecule has 1 aromatic heterocycles. The number of nitrogens with one attached hydrogen (secondary N) is 1. The molecule has 8 nitrogen and oxygen atoms in total. The Morgan fingerprint density at radius 2 is 2.47 bits per heavy atom. The zero-order valence-electron chi connectivity index (χ0n) is 9.07. The van der Waals surface area contributed by atoms with Crippen molar-refractivity contribution in [2.45, 2.75) is 6.23 Å². The van der Waals surface area contributed by atoms with Gasteiger partial charge in [0, 0.05) is 13.2 Å². The number of hydrogen-bond donors (Lipinski definition) is 2. The Morgan fingerprint density at radius 3 is 3.00 bits per heavy atom. The normalized spacial score (nSPS) is 28.9. The number of hydrogen-bond acceptors (Lipinski definition) is 6. The fourth-order valence-electron chi connectivity index (χ4n) is 1.38. The summed E-state index contributed by atoms with van der Waals surface area (Å²) in [6.45, 7) is -0.158. The second kappa shape index (κ2) is 4.58. The lowest BCUT2D eigenvalue weighted by Crippen LogP contribution is -2.33. The van der Waals surface area contributed by atoms with Crippen LogP contribution in [0.4, 0.5) is 5.82 Å². The highest BCUT2D eigenvalue weighted by molar-refractivity contribution is 7.52. The molecule has 1 fully saturated rings. The Kier molecular flexibility index (Phi) is 3.30. The highest BCUT2D eigenvalue weighted by Gasteiger charge is 2.31. The van der Waals surface area contributed by atoms with E-state index in [1.807, 2.05) is 0 Å². The first-order chi connectivity index (χ1) is 8.02. The molecule has 2 atom stereocenters. The fraction of sp³-hybridized carbons (Fsp3) is 0.500. The lowest BCUT2D eigenvalue weighted by molar-refractivity contribution is -0.0456. The lowest BCUT2D eigenvalue weighted by atomic mass is 10.5. The third-order valence-corrected chi connectivity index (χ3v) is 3.27. The molecule has 0 radical (unpaired) electrons. The summed E-state index contributed by atoms with van der Waals surface area (Å²) in [5.41, 5.74) is -0.514. The summed E-state index contributed by atoms with van der Waals surface area (Å²) in [5, 5.41) is 2.73. The summed E-state index contributed by atoms with van der Waals surface area (Å²) in [4.78, 5) is 24.4. The monoisotopic (exact) mass is 261 g/mol. The number of aromatic nitrogens is 2. The second-order valence-electron chi connectivity index (χ2n) is 3.44. The summed E-state index contributed by atoms with van der Waals surface area (Å²) in [6.07, 6.45) is 0.330. The predicted molar refractivity (Wildman–Crippen MR) is 58.8 cm³/mol. The van der Waals surface area contributed by atoms with E-state index in [0.717, 1.165) is 0 Å². The number of anilines is 1. The molecule has 0 spiro atoms. The van der Waals surface area contributed by atoms with Gasteiger partial charge < -0.3 is 19.5 Å². The van der Waals surface area contributed by atoms with Crippen molar-refractivity contribution in [1.82, 2.24) is 9.55 Å². The van der Waals surface area contributed by atoms with Crippen molar-refractivity contribution in [3.8, 4) is 0 Å². The topological polar surface area (TPSA) is 103 Å². The van der Waals surface area contributed by atoms with Crippen molar-refractivity contribution in [2.75, 3.05) is 25.3 Å². The van der Waals surface area contributed by atoms with E-state index in [1.54, 1.807) is 13.1 Å². The van der Waals surface area contributed by atoms with E-state index < -0.39 is 25.9 Å². The zero-order chi connectivity index (χ0) is 12.5. The molecule has 0 bridgehead atoms. The highest BCUT2D eigenvalue weighted by Crippen LogP contribution is 2.46. The highest BCUT2D eigenvalue weighted by atomic mass is 31.2. The molecule has 0 amide bonds. The molecular weight excluding hydrogens is 249 g/mol. The van der Waals surface area contributed by atoms with Gasteiger partial charge in [-0.1, -0.05) is 0 Å². The molecule has 17 heavy (non-hydrogen) atoms. The summed E-state index contributed by atoms with van der Waals surface area (Å²) in [6, 6.07) is 1.60. The van der Waals surface area contributed by atoms with Gasteiger partial charge in [0.15, 0.2) is 12.6 Å². The van der Waals surface area contributed by atoms with Gasteiger partial charge in [-0.25, -0.2) is 4.79 Å². The van der Waals surface area contributed by atoms with Gasteiger partial charge in [-0.2, -0.15) is 4.98 Å². The van der Waals surface area contributed by atoms with Gasteiger partial charge in [-0.05, 0) is 6.07 Å². The van der Waals surface area contributed by atoms with E-state index in [4.69, 9.17) is 14.2 Å². The van der Waals surface area contributed by atoms with Gasteiger partial charge in [-0.3, -0.25) is 9.13 Å². The molecular formula is C8H12N3O5P. The average Bonchev–Trinajstić information content (AvgIpc) is 2.29. The van der Waals surface area contributed by atoms with Crippen LogP contribution in [0.3, 0.4) is 0 Å². The minimum absolute atomic E-state index is 0.158. The smallest absolute Gasteiger partial charge is 0.353 e. The molecule has 0 saturated carbocycles. The molecule has 2 N–H and O–H groups in total. The third kappa shape index (κ3) is 2.73. The fourth-order valence-corrected chi connectivity index (χ4v) is 2.17. The van der Waals surface area contributed by atoms with Crippen molar-refractivity contribution in [1.29, 1.82) is 0 Å². The Balaban J connectivity index is 2.19. The SMILES string of the molecule is CNc1ccn([C@@H]2COP(=O)(O)CO2)c(=O)n1. The first-order valence-electron chi connectivity index (χ1n) is 4.87. The van der Waals surface area contributed by atoms with Crippen molar-refractivity contribution >= 4 is 13.4 Å². The molecule has 9 heteroatoms. The van der Waals surface area contributed by atoms with E-state index in [9.17, 15) is 9.36 Å². The van der Waals surface area contributed by atoms with Crippen LogP contribution in [0.2, 0.25) is 0 Å². The molecule has 0 aromatic carbocycles. The quantitative estimate of drug-likeness (QED) is 0.721. The van der Waals surface area contributed by atoms with Crippen LogP contribution < -0.4 is 11.0 Å². The second-order valence-corrected chi connectivity index (χ2v) is 5.23. The van der Waals surface area contributed by atoms with E-state index in [2.05, 4.69) is 10.3 Å². The van der Waals surface area contributed by atoms with Gasteiger partial charge in [0.2, 0.25) is 0 Å². The molecule has 0 aliphatic carbocycles. The summed E-state index contributed by atoms with van der Waals surface area (Å²) in [5.74, 6) is 0.441. The molecule has 1 aliphatic heterocycles. The Hall–Kier alpha value is -1.21. The van der Waals surface area contributed by atoms with Gasteiger partial charge >= 0.3 is 13.3 Å². The van der Waals surface area contributed by atoms with Crippen LogP contribution in [0.5, 0.6) is 0 Å². The van der Waals surface area contributed by atoms with Crippen LogP contribution in [-0.2, 0) is 13.8 Å². The maximum Gasteiger partial charge on any atom is 0.353 e. The van der Waals surface area contributed by atoms with Crippen LogP contribution in [0.15, 0.2) is 17.1 Å². The molecule has 1 aliphatic rings. The van der Waals surface area contributed by atoms with E-state index in [-0.39, 0.29) is 6.61 Å². The molecule has 1 saturated heterocycles. The van der Waals surface area contributed by atoms with E-state index in [1.165, 1.54) is 10.8 Å². The number of rotatable bonds is 2. The predicted octanol–water partition coefficient (Wildman–Crippen LogP) is -0.0267. The Bertz CT molecular complexity index is 504. The Labute approximate surface area is 96.7 Å². The summed E-state index contributed by atoms with van der Waals surface area (Å²) >= 11 is 0. The van der Waals surface area contributed by atoms with Gasteiger partial charge in [0.05, 0.1) is 0 Å². The number of ether oxygens (including phenoxy) is 1. The van der Waals surface area contributed by atoms with Crippen molar-refractivity contribution in [3.05, 3.63) is 22.7 Å². The maximum atomic E-state index is 11.6. The van der Waals surface area contributed by atoms with Crippen LogP contribution in [0.25, 0.3) is 0 Å². The minimum Gasteiger partial charge on any atom is -0.373 e. The van der Waals surface area contributed by atoms with Crippen LogP contribution in [-0.4, -0.2) is 34.4 Å². The number of nitrogens with zero attached hydrogens (tertiary/aromatic N) is 2. The van der Waals surface area contributed by atoms with Gasteiger partial charge in [-0.15, -0.1) is 0 Å². The van der Waals surface area contributed by atoms with Crippen molar-refractivity contribution in [2.24, 2.45) is 0 Å². The van der Waals surface area contributed by atoms with Crippen molar-refractivity contribution in [3.63, 3.8) is 0 Å². The molecule has 94 valence electrons. The average molecular weight is 261 g/mol. The van der Waals surface area contributed by atoms with Crippen molar-refractivity contribution < 1.29 is 18.7 Å². The molecule has 2 rings (SSSR count). The van der Waals surface area contributed by atoms with Crippen LogP contribution in [0, 0.1) is 0 Å². The maximum absolute atomic E-state index is 11.6. The first-order valence-corrected chi connectivity index (χ1v) is 6.63. The van der Waals surface area contributed by atoms with E-state index in [0.29, 0.717) is 5.82 Å². The van der Waals surface area contributed by atoms with Gasteiger partial charge in [0.25, 0.3) is 0 Å². The first kappa shape index (κ1) is 12.3.